The molecule has 0 amide bonds. The van der Waals surface area contributed by atoms with Gasteiger partial charge in [0.1, 0.15) is 17.3 Å². The van der Waals surface area contributed by atoms with Crippen molar-refractivity contribution in [3.05, 3.63) is 98.8 Å². The van der Waals surface area contributed by atoms with Crippen LogP contribution in [0.4, 0.5) is 21.6 Å². The van der Waals surface area contributed by atoms with Crippen LogP contribution in [-0.4, -0.2) is 79.8 Å². The van der Waals surface area contributed by atoms with E-state index in [1.165, 1.54) is 23.0 Å². The first kappa shape index (κ1) is 32.6. The van der Waals surface area contributed by atoms with E-state index < -0.39 is 18.0 Å². The number of ether oxygens (including phenoxy) is 1. The number of aryl methyl sites for hydroxylation is 1. The van der Waals surface area contributed by atoms with Crippen molar-refractivity contribution >= 4 is 28.0 Å². The zero-order valence-electron chi connectivity index (χ0n) is 28.0. The van der Waals surface area contributed by atoms with E-state index in [1.807, 2.05) is 32.9 Å². The van der Waals surface area contributed by atoms with E-state index in [9.17, 15) is 14.7 Å². The summed E-state index contributed by atoms with van der Waals surface area (Å²) in [4.78, 5) is 40.6. The smallest absolute Gasteiger partial charge is 0.283 e. The topological polar surface area (TPSA) is 131 Å². The van der Waals surface area contributed by atoms with Crippen molar-refractivity contribution in [3.8, 4) is 16.9 Å². The fraction of sp³-hybridized carbons (Fsp3) is 0.361. The molecule has 0 radical (unpaired) electrons. The minimum Gasteiger partial charge on any atom is -0.392 e. The molecule has 0 aliphatic carbocycles. The van der Waals surface area contributed by atoms with Gasteiger partial charge in [-0.05, 0) is 52.9 Å². The Morgan fingerprint density at radius 1 is 1.00 bits per heavy atom. The summed E-state index contributed by atoms with van der Waals surface area (Å²) in [6.07, 6.45) is 6.36. The van der Waals surface area contributed by atoms with Gasteiger partial charge in [-0.3, -0.25) is 14.5 Å². The minimum absolute atomic E-state index is 0.0636. The number of hydrogen-bond acceptors (Lipinski definition) is 10. The maximum Gasteiger partial charge on any atom is 0.283 e. The molecule has 13 heteroatoms. The second kappa shape index (κ2) is 12.8. The Bertz CT molecular complexity index is 2150. The first-order valence-corrected chi connectivity index (χ1v) is 16.3. The number of benzene rings is 1. The van der Waals surface area contributed by atoms with Gasteiger partial charge in [-0.1, -0.05) is 20.8 Å². The van der Waals surface area contributed by atoms with Crippen LogP contribution in [0, 0.1) is 5.82 Å². The highest BCUT2D eigenvalue weighted by molar-refractivity contribution is 5.83. The van der Waals surface area contributed by atoms with E-state index in [2.05, 4.69) is 30.2 Å². The van der Waals surface area contributed by atoms with Gasteiger partial charge in [-0.15, -0.1) is 0 Å². The Kier molecular flexibility index (Phi) is 8.51. The Morgan fingerprint density at radius 3 is 2.43 bits per heavy atom. The van der Waals surface area contributed by atoms with Crippen molar-refractivity contribution in [1.82, 2.24) is 29.2 Å². The van der Waals surface area contributed by atoms with Gasteiger partial charge in [-0.25, -0.2) is 14.4 Å². The van der Waals surface area contributed by atoms with Crippen LogP contribution in [-0.2, 0) is 23.8 Å². The van der Waals surface area contributed by atoms with Crippen LogP contribution in [0.25, 0.3) is 27.7 Å². The minimum atomic E-state index is -0.693. The van der Waals surface area contributed by atoms with Crippen molar-refractivity contribution < 1.29 is 14.2 Å². The third-order valence-electron chi connectivity index (χ3n) is 9.42. The zero-order valence-corrected chi connectivity index (χ0v) is 28.0. The Morgan fingerprint density at radius 2 is 1.78 bits per heavy atom. The SMILES string of the molecule is Cn1cc(-c2ccnc(-n3ncc4cc(C(C)(C)C)cc(F)c4c3=O)c2CO)cc(Nc2ccc(N3CCN(C4COC4)CC3)cn2)c1=O. The lowest BCUT2D eigenvalue weighted by Gasteiger charge is -2.43. The number of hydrogen-bond donors (Lipinski definition) is 2. The van der Waals surface area contributed by atoms with Crippen molar-refractivity contribution in [2.24, 2.45) is 7.05 Å². The lowest BCUT2D eigenvalue weighted by atomic mass is 9.86. The van der Waals surface area contributed by atoms with Gasteiger partial charge in [0.25, 0.3) is 11.1 Å². The lowest BCUT2D eigenvalue weighted by molar-refractivity contribution is -0.0660. The van der Waals surface area contributed by atoms with Crippen LogP contribution in [0.5, 0.6) is 0 Å². The summed E-state index contributed by atoms with van der Waals surface area (Å²) in [6.45, 7) is 10.8. The van der Waals surface area contributed by atoms with E-state index in [0.717, 1.165) is 55.3 Å². The molecule has 2 N–H and O–H groups in total. The molecule has 12 nitrogen and oxygen atoms in total. The highest BCUT2D eigenvalue weighted by atomic mass is 19.1. The largest absolute Gasteiger partial charge is 0.392 e. The molecule has 254 valence electrons. The Balaban J connectivity index is 1.18. The number of aliphatic hydroxyl groups excluding tert-OH is 1. The lowest BCUT2D eigenvalue weighted by Crippen LogP contribution is -2.56. The monoisotopic (exact) mass is 666 g/mol. The summed E-state index contributed by atoms with van der Waals surface area (Å²) in [5.74, 6) is -0.0824. The van der Waals surface area contributed by atoms with Crippen molar-refractivity contribution in [3.63, 3.8) is 0 Å². The number of aliphatic hydroxyl groups is 1. The molecule has 1 aromatic carbocycles. The van der Waals surface area contributed by atoms with E-state index in [-0.39, 0.29) is 27.9 Å². The van der Waals surface area contributed by atoms with E-state index in [1.54, 1.807) is 37.6 Å². The average Bonchev–Trinajstić information content (AvgIpc) is 3.06. The van der Waals surface area contributed by atoms with Gasteiger partial charge < -0.3 is 24.6 Å². The highest BCUT2D eigenvalue weighted by Gasteiger charge is 2.29. The van der Waals surface area contributed by atoms with Crippen LogP contribution >= 0.6 is 0 Å². The standard InChI is InChI=1S/C36H39FN8O4/c1-36(2,3)24-13-22-16-40-45(35(48)32(22)29(37)15-24)33-28(19-46)27(7-8-38-33)23-14-30(34(47)42(4)18-23)41-31-6-5-25(17-39-31)43-9-11-44(12-10-43)26-20-49-21-26/h5-8,13-18,26,46H,9-12,19-21H2,1-4H3,(H,39,41). The Labute approximate surface area is 282 Å². The molecule has 2 saturated heterocycles. The number of fused-ring (bicyclic) bond motifs is 1. The predicted molar refractivity (Wildman–Crippen MR) is 186 cm³/mol. The first-order chi connectivity index (χ1) is 23.5. The molecule has 2 aliphatic rings. The second-order valence-electron chi connectivity index (χ2n) is 13.7. The number of nitrogens with zero attached hydrogens (tertiary/aromatic N) is 7. The third-order valence-corrected chi connectivity index (χ3v) is 9.42. The van der Waals surface area contributed by atoms with E-state index in [0.29, 0.717) is 33.9 Å². The number of anilines is 3. The summed E-state index contributed by atoms with van der Waals surface area (Å²) in [5, 5.41) is 18.3. The second-order valence-corrected chi connectivity index (χ2v) is 13.7. The fourth-order valence-electron chi connectivity index (χ4n) is 6.42. The van der Waals surface area contributed by atoms with Gasteiger partial charge in [0.2, 0.25) is 0 Å². The number of halogens is 1. The number of piperazine rings is 1. The van der Waals surface area contributed by atoms with Crippen LogP contribution < -0.4 is 21.3 Å². The maximum atomic E-state index is 15.4. The summed E-state index contributed by atoms with van der Waals surface area (Å²) in [7, 11) is 1.63. The van der Waals surface area contributed by atoms with Gasteiger partial charge in [0, 0.05) is 62.1 Å². The van der Waals surface area contributed by atoms with Crippen molar-refractivity contribution in [2.45, 2.75) is 38.8 Å². The number of rotatable bonds is 7. The molecule has 2 fully saturated rings. The molecule has 0 unspecified atom stereocenters. The zero-order chi connectivity index (χ0) is 34.4. The van der Waals surface area contributed by atoms with Gasteiger partial charge in [-0.2, -0.15) is 9.78 Å². The molecule has 0 spiro atoms. The van der Waals surface area contributed by atoms with E-state index in [4.69, 9.17) is 4.74 Å². The summed E-state index contributed by atoms with van der Waals surface area (Å²) in [6, 6.07) is 10.9. The normalized spacial score (nSPS) is 15.8. The molecule has 49 heavy (non-hydrogen) atoms. The number of aromatic nitrogens is 5. The molecule has 7 rings (SSSR count). The molecule has 0 saturated carbocycles. The van der Waals surface area contributed by atoms with Gasteiger partial charge in [0.05, 0.1) is 49.3 Å². The van der Waals surface area contributed by atoms with Crippen molar-refractivity contribution in [1.29, 1.82) is 0 Å². The molecular weight excluding hydrogens is 627 g/mol. The summed E-state index contributed by atoms with van der Waals surface area (Å²) in [5.41, 5.74) is 2.14. The average molecular weight is 667 g/mol. The molecule has 6 heterocycles. The molecule has 0 atom stereocenters. The van der Waals surface area contributed by atoms with Crippen LogP contribution in [0.1, 0.15) is 31.9 Å². The van der Waals surface area contributed by atoms with Crippen LogP contribution in [0.2, 0.25) is 0 Å². The predicted octanol–water partition coefficient (Wildman–Crippen LogP) is 3.73. The fourth-order valence-corrected chi connectivity index (χ4v) is 6.42. The molecular formula is C36H39FN8O4. The van der Waals surface area contributed by atoms with Gasteiger partial charge >= 0.3 is 0 Å². The quantitative estimate of drug-likeness (QED) is 0.265. The summed E-state index contributed by atoms with van der Waals surface area (Å²) >= 11 is 0. The van der Waals surface area contributed by atoms with Crippen LogP contribution in [0.3, 0.4) is 0 Å². The van der Waals surface area contributed by atoms with E-state index >= 15 is 4.39 Å². The summed E-state index contributed by atoms with van der Waals surface area (Å²) < 4.78 is 23.2. The molecule has 2 aliphatic heterocycles. The first-order valence-electron chi connectivity index (χ1n) is 16.3. The Hall–Kier alpha value is -4.98. The number of nitrogens with one attached hydrogen (secondary N) is 1. The van der Waals surface area contributed by atoms with Crippen LogP contribution in [0.15, 0.2) is 70.8 Å². The molecule has 5 aromatic rings. The van der Waals surface area contributed by atoms with Crippen molar-refractivity contribution in [2.75, 3.05) is 49.6 Å². The maximum absolute atomic E-state index is 15.4. The molecule has 4 aromatic heterocycles. The van der Waals surface area contributed by atoms with Gasteiger partial charge in [0.15, 0.2) is 5.82 Å². The third kappa shape index (κ3) is 6.20. The number of pyridine rings is 3. The highest BCUT2D eigenvalue weighted by Crippen LogP contribution is 2.30. The molecule has 0 bridgehead atoms.